The van der Waals surface area contributed by atoms with E-state index in [0.29, 0.717) is 24.1 Å². The smallest absolute Gasteiger partial charge is 0.306 e. The Bertz CT molecular complexity index is 1130. The predicted molar refractivity (Wildman–Crippen MR) is 249 cm³/mol. The number of allylic oxidation sites excluding steroid dienone is 10. The Kier molecular flexibility index (Phi) is 41.6. The van der Waals surface area contributed by atoms with Crippen molar-refractivity contribution in [3.63, 3.8) is 0 Å². The highest BCUT2D eigenvalue weighted by molar-refractivity contribution is 7.45. The van der Waals surface area contributed by atoms with Crippen molar-refractivity contribution in [2.24, 2.45) is 0 Å². The van der Waals surface area contributed by atoms with Gasteiger partial charge in [0.2, 0.25) is 0 Å². The zero-order valence-corrected chi connectivity index (χ0v) is 39.8. The van der Waals surface area contributed by atoms with Gasteiger partial charge in [-0.3, -0.25) is 9.36 Å². The van der Waals surface area contributed by atoms with Crippen molar-refractivity contribution < 1.29 is 37.3 Å². The molecular weight excluding hydrogens is 758 g/mol. The van der Waals surface area contributed by atoms with Crippen LogP contribution in [0, 0.1) is 0 Å². The molecule has 0 heterocycles. The Morgan fingerprint density at radius 3 is 1.47 bits per heavy atom. The SMILES string of the molecule is CC/C=C\C/C=C\C/C=C\C/C=C\C/C=C\CCCCCCCCCCCC(=O)OC(COCCCCCCCCCCCCCC)COP(=O)([O-])OCC[N+](C)(C)C. The average Bonchev–Trinajstić information content (AvgIpc) is 3.19. The minimum absolute atomic E-state index is 0.0238. The standard InChI is InChI=1S/C50H92NO7P/c1-6-8-10-12-14-16-18-20-21-22-23-24-25-26-27-28-29-30-31-32-33-35-37-39-41-43-50(52)58-49(48-57-59(53,54)56-46-44-51(3,4)5)47-55-45-42-40-38-36-34-19-17-15-13-11-9-7-2/h8,10,14,16,20-21,23-24,26-27,49H,6-7,9,11-13,15,17-19,22,25,28-48H2,1-5H3/b10-8-,16-14-,21-20-,24-23-,27-26-. The monoisotopic (exact) mass is 850 g/mol. The van der Waals surface area contributed by atoms with Gasteiger partial charge in [-0.1, -0.05) is 190 Å². The minimum Gasteiger partial charge on any atom is -0.756 e. The molecule has 0 aliphatic heterocycles. The number of likely N-dealkylation sites (N-methyl/N-ethyl adjacent to an activating group) is 1. The van der Waals surface area contributed by atoms with Crippen LogP contribution in [-0.2, 0) is 27.9 Å². The number of nitrogens with zero attached hydrogens (tertiary/aromatic N) is 1. The van der Waals surface area contributed by atoms with Crippen molar-refractivity contribution in [3.8, 4) is 0 Å². The fourth-order valence-electron chi connectivity index (χ4n) is 6.40. The first-order valence-corrected chi connectivity index (χ1v) is 25.5. The number of carbonyl (C=O) groups excluding carboxylic acids is 1. The fourth-order valence-corrected chi connectivity index (χ4v) is 7.13. The lowest BCUT2D eigenvalue weighted by Gasteiger charge is -2.28. The molecule has 344 valence electrons. The van der Waals surface area contributed by atoms with Gasteiger partial charge in [-0.2, -0.15) is 0 Å². The van der Waals surface area contributed by atoms with Crippen molar-refractivity contribution in [3.05, 3.63) is 60.8 Å². The van der Waals surface area contributed by atoms with Crippen LogP contribution in [0.1, 0.15) is 194 Å². The first kappa shape index (κ1) is 57.2. The summed E-state index contributed by atoms with van der Waals surface area (Å²) in [7, 11) is 1.35. The molecule has 0 aromatic carbocycles. The molecule has 59 heavy (non-hydrogen) atoms. The van der Waals surface area contributed by atoms with E-state index in [1.54, 1.807) is 0 Å². The van der Waals surface area contributed by atoms with Crippen molar-refractivity contribution in [1.82, 2.24) is 0 Å². The summed E-state index contributed by atoms with van der Waals surface area (Å²) in [5.41, 5.74) is 0. The van der Waals surface area contributed by atoms with Crippen molar-refractivity contribution in [2.45, 2.75) is 200 Å². The van der Waals surface area contributed by atoms with E-state index in [1.165, 1.54) is 103 Å². The van der Waals surface area contributed by atoms with Gasteiger partial charge in [0.05, 0.1) is 34.4 Å². The molecule has 0 bridgehead atoms. The van der Waals surface area contributed by atoms with E-state index in [-0.39, 0.29) is 25.8 Å². The van der Waals surface area contributed by atoms with Crippen molar-refractivity contribution in [2.75, 3.05) is 54.1 Å². The van der Waals surface area contributed by atoms with Gasteiger partial charge >= 0.3 is 5.97 Å². The molecule has 9 heteroatoms. The van der Waals surface area contributed by atoms with E-state index < -0.39 is 13.9 Å². The highest BCUT2D eigenvalue weighted by Gasteiger charge is 2.20. The minimum atomic E-state index is -4.53. The van der Waals surface area contributed by atoms with E-state index in [2.05, 4.69) is 74.6 Å². The lowest BCUT2D eigenvalue weighted by molar-refractivity contribution is -0.870. The Morgan fingerprint density at radius 1 is 0.542 bits per heavy atom. The molecule has 0 aromatic rings. The van der Waals surface area contributed by atoms with Crippen LogP contribution in [0.25, 0.3) is 0 Å². The lowest BCUT2D eigenvalue weighted by atomic mass is 10.1. The zero-order chi connectivity index (χ0) is 43.4. The van der Waals surface area contributed by atoms with E-state index >= 15 is 0 Å². The van der Waals surface area contributed by atoms with Crippen LogP contribution in [0.2, 0.25) is 0 Å². The summed E-state index contributed by atoms with van der Waals surface area (Å²) < 4.78 is 34.6. The molecule has 0 aromatic heterocycles. The van der Waals surface area contributed by atoms with Crippen LogP contribution in [0.4, 0.5) is 0 Å². The molecule has 0 rings (SSSR count). The number of hydrogen-bond acceptors (Lipinski definition) is 7. The number of quaternary nitrogens is 1. The molecule has 0 amide bonds. The number of phosphoric acid groups is 1. The fraction of sp³-hybridized carbons (Fsp3) is 0.780. The number of carbonyl (C=O) groups is 1. The maximum atomic E-state index is 12.7. The summed E-state index contributed by atoms with van der Waals surface area (Å²) in [6.07, 6.45) is 53.8. The zero-order valence-electron chi connectivity index (χ0n) is 38.9. The van der Waals surface area contributed by atoms with Gasteiger partial charge in [0, 0.05) is 13.0 Å². The van der Waals surface area contributed by atoms with Gasteiger partial charge in [0.1, 0.15) is 19.3 Å². The van der Waals surface area contributed by atoms with E-state index in [4.69, 9.17) is 18.5 Å². The number of hydrogen-bond donors (Lipinski definition) is 0. The third-order valence-electron chi connectivity index (χ3n) is 10.1. The third kappa shape index (κ3) is 47.1. The second kappa shape index (κ2) is 42.9. The van der Waals surface area contributed by atoms with Gasteiger partial charge in [-0.25, -0.2) is 0 Å². The number of ether oxygens (including phenoxy) is 2. The maximum absolute atomic E-state index is 12.7. The molecule has 0 spiro atoms. The summed E-state index contributed by atoms with van der Waals surface area (Å²) >= 11 is 0. The highest BCUT2D eigenvalue weighted by Crippen LogP contribution is 2.38. The normalized spacial score (nSPS) is 14.2. The summed E-state index contributed by atoms with van der Waals surface area (Å²) in [4.78, 5) is 25.1. The summed E-state index contributed by atoms with van der Waals surface area (Å²) in [6, 6.07) is 0. The van der Waals surface area contributed by atoms with Crippen molar-refractivity contribution >= 4 is 13.8 Å². The summed E-state index contributed by atoms with van der Waals surface area (Å²) in [6.45, 7) is 5.30. The molecule has 0 aliphatic rings. The molecule has 2 atom stereocenters. The highest BCUT2D eigenvalue weighted by atomic mass is 31.2. The molecule has 0 fully saturated rings. The van der Waals surface area contributed by atoms with Crippen LogP contribution in [0.3, 0.4) is 0 Å². The molecular formula is C50H92NO7P. The summed E-state index contributed by atoms with van der Waals surface area (Å²) in [5.74, 6) is -0.341. The second-order valence-electron chi connectivity index (χ2n) is 17.1. The van der Waals surface area contributed by atoms with Crippen LogP contribution in [-0.4, -0.2) is 70.7 Å². The lowest BCUT2D eigenvalue weighted by Crippen LogP contribution is -2.37. The number of phosphoric ester groups is 1. The Hall–Kier alpha value is -1.80. The predicted octanol–water partition coefficient (Wildman–Crippen LogP) is 13.9. The largest absolute Gasteiger partial charge is 0.756 e. The van der Waals surface area contributed by atoms with Gasteiger partial charge in [0.15, 0.2) is 0 Å². The Morgan fingerprint density at radius 2 is 0.983 bits per heavy atom. The van der Waals surface area contributed by atoms with E-state index in [0.717, 1.165) is 70.6 Å². The maximum Gasteiger partial charge on any atom is 0.306 e. The summed E-state index contributed by atoms with van der Waals surface area (Å²) in [5, 5.41) is 0. The number of unbranched alkanes of at least 4 members (excludes halogenated alkanes) is 20. The van der Waals surface area contributed by atoms with Crippen LogP contribution in [0.5, 0.6) is 0 Å². The number of rotatable bonds is 44. The molecule has 0 N–H and O–H groups in total. The van der Waals surface area contributed by atoms with Crippen molar-refractivity contribution in [1.29, 1.82) is 0 Å². The molecule has 8 nitrogen and oxygen atoms in total. The first-order chi connectivity index (χ1) is 28.6. The van der Waals surface area contributed by atoms with Crippen LogP contribution < -0.4 is 4.89 Å². The molecule has 0 saturated heterocycles. The average molecular weight is 850 g/mol. The van der Waals surface area contributed by atoms with Gasteiger partial charge in [-0.15, -0.1) is 0 Å². The van der Waals surface area contributed by atoms with Gasteiger partial charge in [0.25, 0.3) is 7.82 Å². The quantitative estimate of drug-likeness (QED) is 0.0198. The van der Waals surface area contributed by atoms with Gasteiger partial charge < -0.3 is 27.9 Å². The molecule has 2 unspecified atom stereocenters. The first-order valence-electron chi connectivity index (χ1n) is 24.0. The van der Waals surface area contributed by atoms with E-state index in [9.17, 15) is 14.3 Å². The second-order valence-corrected chi connectivity index (χ2v) is 18.5. The van der Waals surface area contributed by atoms with Gasteiger partial charge in [-0.05, 0) is 57.8 Å². The van der Waals surface area contributed by atoms with E-state index in [1.807, 2.05) is 21.1 Å². The van der Waals surface area contributed by atoms with Crippen LogP contribution >= 0.6 is 7.82 Å². The number of esters is 1. The van der Waals surface area contributed by atoms with Crippen LogP contribution in [0.15, 0.2) is 60.8 Å². The Labute approximate surface area is 364 Å². The topological polar surface area (TPSA) is 94.1 Å². The molecule has 0 radical (unpaired) electrons. The third-order valence-corrected chi connectivity index (χ3v) is 11.0. The molecule has 0 aliphatic carbocycles. The molecule has 0 saturated carbocycles. The Balaban J connectivity index is 4.13.